The van der Waals surface area contributed by atoms with Crippen LogP contribution < -0.4 is 4.74 Å². The van der Waals surface area contributed by atoms with Crippen LogP contribution in [0.5, 0.6) is 11.5 Å². The Hall–Kier alpha value is -3.45. The van der Waals surface area contributed by atoms with Crippen LogP contribution in [0.1, 0.15) is 36.8 Å². The van der Waals surface area contributed by atoms with E-state index >= 15 is 4.39 Å². The number of carboxylic acid groups (broad SMARTS) is 1. The molecular weight excluding hydrogens is 490 g/mol. The van der Waals surface area contributed by atoms with Crippen LogP contribution in [-0.4, -0.2) is 28.8 Å². The summed E-state index contributed by atoms with van der Waals surface area (Å²) in [6.07, 6.45) is -0.691. The number of carbonyl (C=O) groups excluding carboxylic acids is 1. The number of esters is 1. The molecular formula is C28H25ClF2O5. The van der Waals surface area contributed by atoms with Gasteiger partial charge in [-0.3, -0.25) is 4.79 Å². The van der Waals surface area contributed by atoms with E-state index in [0.29, 0.717) is 34.7 Å². The second-order valence-corrected chi connectivity index (χ2v) is 9.36. The molecule has 3 aromatic carbocycles. The van der Waals surface area contributed by atoms with E-state index < -0.39 is 35.4 Å². The van der Waals surface area contributed by atoms with E-state index in [1.54, 1.807) is 54.6 Å². The van der Waals surface area contributed by atoms with E-state index in [-0.39, 0.29) is 18.1 Å². The first-order chi connectivity index (χ1) is 17.2. The van der Waals surface area contributed by atoms with Gasteiger partial charge in [-0.15, -0.1) is 0 Å². The number of ether oxygens (including phenoxy) is 2. The van der Waals surface area contributed by atoms with E-state index in [4.69, 9.17) is 21.1 Å². The molecule has 0 bridgehead atoms. The minimum atomic E-state index is -2.95. The van der Waals surface area contributed by atoms with E-state index in [1.165, 1.54) is 12.1 Å². The summed E-state index contributed by atoms with van der Waals surface area (Å²) in [5.74, 6) is -4.23. The molecule has 0 radical (unpaired) electrons. The second-order valence-electron chi connectivity index (χ2n) is 8.92. The fourth-order valence-electron chi connectivity index (χ4n) is 4.49. The predicted octanol–water partition coefficient (Wildman–Crippen LogP) is 6.73. The molecule has 8 heteroatoms. The normalized spacial score (nSPS) is 16.4. The summed E-state index contributed by atoms with van der Waals surface area (Å²) in [4.78, 5) is 24.5. The molecule has 3 atom stereocenters. The molecule has 0 unspecified atom stereocenters. The van der Waals surface area contributed by atoms with Crippen molar-refractivity contribution in [2.45, 2.75) is 43.9 Å². The minimum Gasteiger partial charge on any atom is -0.479 e. The van der Waals surface area contributed by atoms with Crippen LogP contribution in [0.25, 0.3) is 0 Å². The van der Waals surface area contributed by atoms with Gasteiger partial charge in [0.25, 0.3) is 5.67 Å². The second kappa shape index (κ2) is 10.7. The molecule has 0 amide bonds. The number of rotatable bonds is 10. The lowest BCUT2D eigenvalue weighted by Gasteiger charge is -2.36. The molecule has 0 aromatic heterocycles. The molecule has 36 heavy (non-hydrogen) atoms. The van der Waals surface area contributed by atoms with Crippen molar-refractivity contribution < 1.29 is 33.0 Å². The van der Waals surface area contributed by atoms with Crippen LogP contribution in [0.15, 0.2) is 72.8 Å². The van der Waals surface area contributed by atoms with Gasteiger partial charge in [0.05, 0.1) is 0 Å². The van der Waals surface area contributed by atoms with Gasteiger partial charge in [-0.25, -0.2) is 13.6 Å². The van der Waals surface area contributed by atoms with Crippen LogP contribution >= 0.6 is 11.6 Å². The van der Waals surface area contributed by atoms with Gasteiger partial charge >= 0.3 is 11.9 Å². The van der Waals surface area contributed by atoms with E-state index in [0.717, 1.165) is 13.0 Å². The number of carbonyl (C=O) groups is 2. The number of halogens is 3. The topological polar surface area (TPSA) is 72.8 Å². The Morgan fingerprint density at radius 2 is 1.75 bits per heavy atom. The van der Waals surface area contributed by atoms with Gasteiger partial charge in [-0.1, -0.05) is 48.0 Å². The predicted molar refractivity (Wildman–Crippen MR) is 131 cm³/mol. The first kappa shape index (κ1) is 25.6. The van der Waals surface area contributed by atoms with Crippen LogP contribution in [0.4, 0.5) is 8.78 Å². The maximum Gasteiger partial charge on any atom is 0.346 e. The van der Waals surface area contributed by atoms with Crippen molar-refractivity contribution in [3.63, 3.8) is 0 Å². The molecule has 5 nitrogen and oxygen atoms in total. The highest BCUT2D eigenvalue weighted by atomic mass is 35.5. The highest BCUT2D eigenvalue weighted by Crippen LogP contribution is 2.52. The number of carboxylic acids is 1. The maximum absolute atomic E-state index is 16.9. The Bertz CT molecular complexity index is 1230. The monoisotopic (exact) mass is 514 g/mol. The van der Waals surface area contributed by atoms with Crippen molar-refractivity contribution in [2.75, 3.05) is 0 Å². The number of alkyl halides is 1. The van der Waals surface area contributed by atoms with Crippen LogP contribution in [0.3, 0.4) is 0 Å². The Balaban J connectivity index is 1.71. The Labute approximate surface area is 212 Å². The molecule has 1 fully saturated rings. The van der Waals surface area contributed by atoms with Crippen molar-refractivity contribution in [1.82, 2.24) is 0 Å². The standard InChI is InChI=1S/C28H25ClF2O5/c1-17(32)35-25(16-18-7-14-23(30)24(15-18)36-22-5-3-2-4-6-22)28(31,27(33)34)26(19-8-9-19)20-10-12-21(29)13-11-20/h2-7,10-15,19,25-26H,8-9,16H2,1H3,(H,33,34)/t25-,26+,28+/m1/s1. The molecule has 0 aliphatic heterocycles. The third kappa shape index (κ3) is 5.68. The fraction of sp³-hybridized carbons (Fsp3) is 0.286. The maximum atomic E-state index is 16.9. The lowest BCUT2D eigenvalue weighted by atomic mass is 9.75. The number of hydrogen-bond donors (Lipinski definition) is 1. The Morgan fingerprint density at radius 3 is 2.33 bits per heavy atom. The molecule has 0 saturated heterocycles. The zero-order chi connectivity index (χ0) is 25.9. The third-order valence-corrected chi connectivity index (χ3v) is 6.52. The molecule has 4 rings (SSSR count). The average Bonchev–Trinajstić information content (AvgIpc) is 3.67. The largest absolute Gasteiger partial charge is 0.479 e. The molecule has 1 aliphatic carbocycles. The van der Waals surface area contributed by atoms with Crippen molar-refractivity contribution in [3.8, 4) is 11.5 Å². The lowest BCUT2D eigenvalue weighted by Crippen LogP contribution is -2.53. The summed E-state index contributed by atoms with van der Waals surface area (Å²) in [6, 6.07) is 18.8. The molecule has 3 aromatic rings. The van der Waals surface area contributed by atoms with Crippen molar-refractivity contribution in [2.24, 2.45) is 5.92 Å². The van der Waals surface area contributed by atoms with Gasteiger partial charge in [0.15, 0.2) is 17.7 Å². The molecule has 1 aliphatic rings. The highest BCUT2D eigenvalue weighted by molar-refractivity contribution is 6.30. The lowest BCUT2D eigenvalue weighted by molar-refractivity contribution is -0.174. The van der Waals surface area contributed by atoms with Gasteiger partial charge in [-0.2, -0.15) is 0 Å². The van der Waals surface area contributed by atoms with Crippen LogP contribution in [-0.2, 0) is 20.7 Å². The SMILES string of the molecule is CC(=O)O[C@H](Cc1ccc(F)c(Oc2ccccc2)c1)[C@@](F)(C(=O)O)[C@H](c1ccc(Cl)cc1)C1CC1. The Kier molecular flexibility index (Phi) is 7.59. The zero-order valence-electron chi connectivity index (χ0n) is 19.5. The summed E-state index contributed by atoms with van der Waals surface area (Å²) in [7, 11) is 0. The van der Waals surface area contributed by atoms with Crippen molar-refractivity contribution in [1.29, 1.82) is 0 Å². The Morgan fingerprint density at radius 1 is 1.08 bits per heavy atom. The number of para-hydroxylation sites is 1. The molecule has 1 N–H and O–H groups in total. The van der Waals surface area contributed by atoms with Crippen molar-refractivity contribution in [3.05, 3.63) is 94.8 Å². The summed E-state index contributed by atoms with van der Waals surface area (Å²) in [5, 5.41) is 10.6. The first-order valence-corrected chi connectivity index (χ1v) is 11.9. The number of hydrogen-bond acceptors (Lipinski definition) is 4. The van der Waals surface area contributed by atoms with Crippen molar-refractivity contribution >= 4 is 23.5 Å². The molecule has 0 spiro atoms. The smallest absolute Gasteiger partial charge is 0.346 e. The summed E-state index contributed by atoms with van der Waals surface area (Å²) < 4.78 is 42.3. The van der Waals surface area contributed by atoms with Gasteiger partial charge in [0.2, 0.25) is 0 Å². The summed E-state index contributed by atoms with van der Waals surface area (Å²) in [6.45, 7) is 1.10. The van der Waals surface area contributed by atoms with Crippen LogP contribution in [0, 0.1) is 11.7 Å². The zero-order valence-corrected chi connectivity index (χ0v) is 20.3. The minimum absolute atomic E-state index is 0.114. The third-order valence-electron chi connectivity index (χ3n) is 6.27. The quantitative estimate of drug-likeness (QED) is 0.304. The average molecular weight is 515 g/mol. The molecule has 188 valence electrons. The van der Waals surface area contributed by atoms with Gasteiger partial charge < -0.3 is 14.6 Å². The van der Waals surface area contributed by atoms with E-state index in [2.05, 4.69) is 0 Å². The van der Waals surface area contributed by atoms with Gasteiger partial charge in [0.1, 0.15) is 5.75 Å². The van der Waals surface area contributed by atoms with Gasteiger partial charge in [-0.05, 0) is 66.3 Å². The van der Waals surface area contributed by atoms with E-state index in [1.807, 2.05) is 0 Å². The first-order valence-electron chi connectivity index (χ1n) is 11.5. The fourth-order valence-corrected chi connectivity index (χ4v) is 4.61. The summed E-state index contributed by atoms with van der Waals surface area (Å²) >= 11 is 5.99. The number of benzene rings is 3. The highest BCUT2D eigenvalue weighted by Gasteiger charge is 2.59. The van der Waals surface area contributed by atoms with Crippen LogP contribution in [0.2, 0.25) is 5.02 Å². The molecule has 1 saturated carbocycles. The van der Waals surface area contributed by atoms with Gasteiger partial charge in [0, 0.05) is 24.3 Å². The number of aliphatic carboxylic acids is 1. The van der Waals surface area contributed by atoms with E-state index in [9.17, 15) is 19.1 Å². The summed E-state index contributed by atoms with van der Waals surface area (Å²) in [5.41, 5.74) is -2.14. The molecule has 0 heterocycles.